The first-order valence-corrected chi connectivity index (χ1v) is 14.3. The highest BCUT2D eigenvalue weighted by atomic mass is 16.3. The van der Waals surface area contributed by atoms with Gasteiger partial charge in [0.05, 0.1) is 0 Å². The summed E-state index contributed by atoms with van der Waals surface area (Å²) in [5.74, 6) is 0. The molecule has 0 radical (unpaired) electrons. The first-order chi connectivity index (χ1) is 20.3. The average Bonchev–Trinajstić information content (AvgIpc) is 3.41. The van der Waals surface area contributed by atoms with E-state index in [9.17, 15) is 0 Å². The standard InChI is InChI=1S/C40H28O/c1-3-12-25(4-2)37-29-16-5-7-18-31(29)38(32-19-8-6-17-30(32)37)27-14-9-13-26(23-27)34-24-28-15-10-21-35-39(28)40-33(34)20-11-22-36(40)41-35/h3-24H,1-2H3/b12-3-,25-4+. The number of rotatable bonds is 4. The number of furan rings is 1. The van der Waals surface area contributed by atoms with Crippen LogP contribution in [0.3, 0.4) is 0 Å². The second-order valence-electron chi connectivity index (χ2n) is 10.7. The van der Waals surface area contributed by atoms with E-state index in [1.807, 2.05) is 0 Å². The van der Waals surface area contributed by atoms with Gasteiger partial charge in [-0.3, -0.25) is 0 Å². The van der Waals surface area contributed by atoms with E-state index in [-0.39, 0.29) is 0 Å². The molecule has 7 aromatic carbocycles. The summed E-state index contributed by atoms with van der Waals surface area (Å²) in [6, 6.07) is 41.8. The van der Waals surface area contributed by atoms with Gasteiger partial charge in [-0.15, -0.1) is 0 Å². The molecule has 0 N–H and O–H groups in total. The molecule has 41 heavy (non-hydrogen) atoms. The Hall–Kier alpha value is -5.14. The van der Waals surface area contributed by atoms with Crippen LogP contribution in [0, 0.1) is 0 Å². The van der Waals surface area contributed by atoms with Crippen LogP contribution < -0.4 is 0 Å². The van der Waals surface area contributed by atoms with Crippen LogP contribution in [0.1, 0.15) is 19.4 Å². The third-order valence-electron chi connectivity index (χ3n) is 8.48. The van der Waals surface area contributed by atoms with Crippen molar-refractivity contribution in [1.82, 2.24) is 0 Å². The van der Waals surface area contributed by atoms with Gasteiger partial charge in [0.1, 0.15) is 11.2 Å². The Labute approximate surface area is 239 Å². The van der Waals surface area contributed by atoms with E-state index in [2.05, 4.69) is 147 Å². The number of hydrogen-bond acceptors (Lipinski definition) is 1. The van der Waals surface area contributed by atoms with Crippen LogP contribution in [0.5, 0.6) is 0 Å². The van der Waals surface area contributed by atoms with Crippen LogP contribution in [-0.4, -0.2) is 0 Å². The van der Waals surface area contributed by atoms with Crippen LogP contribution in [-0.2, 0) is 0 Å². The van der Waals surface area contributed by atoms with E-state index in [4.69, 9.17) is 4.42 Å². The van der Waals surface area contributed by atoms with Crippen molar-refractivity contribution in [3.63, 3.8) is 0 Å². The zero-order valence-electron chi connectivity index (χ0n) is 23.1. The molecule has 0 aliphatic carbocycles. The third kappa shape index (κ3) is 3.49. The van der Waals surface area contributed by atoms with E-state index < -0.39 is 0 Å². The van der Waals surface area contributed by atoms with Gasteiger partial charge in [-0.05, 0) is 104 Å². The summed E-state index contributed by atoms with van der Waals surface area (Å²) in [6.07, 6.45) is 6.56. The van der Waals surface area contributed by atoms with Crippen molar-refractivity contribution < 1.29 is 4.42 Å². The minimum absolute atomic E-state index is 0.945. The van der Waals surface area contributed by atoms with Crippen LogP contribution in [0.2, 0.25) is 0 Å². The van der Waals surface area contributed by atoms with Gasteiger partial charge in [-0.25, -0.2) is 0 Å². The summed E-state index contributed by atoms with van der Waals surface area (Å²) in [6.45, 7) is 4.21. The molecule has 194 valence electrons. The quantitative estimate of drug-likeness (QED) is 0.127. The van der Waals surface area contributed by atoms with E-state index in [1.165, 1.54) is 76.5 Å². The fourth-order valence-electron chi connectivity index (χ4n) is 6.81. The highest BCUT2D eigenvalue weighted by molar-refractivity contribution is 6.25. The number of fused-ring (bicyclic) bond motifs is 2. The van der Waals surface area contributed by atoms with Crippen molar-refractivity contribution in [3.05, 3.63) is 139 Å². The van der Waals surface area contributed by atoms with Gasteiger partial charge in [0.15, 0.2) is 0 Å². The molecular weight excluding hydrogens is 496 g/mol. The Balaban J connectivity index is 1.44. The van der Waals surface area contributed by atoms with Gasteiger partial charge in [0, 0.05) is 10.8 Å². The predicted molar refractivity (Wildman–Crippen MR) is 177 cm³/mol. The molecule has 0 fully saturated rings. The fraction of sp³-hybridized carbons (Fsp3) is 0.0500. The Bertz CT molecular complexity index is 2270. The molecule has 0 aliphatic heterocycles. The number of benzene rings is 7. The summed E-state index contributed by atoms with van der Waals surface area (Å²) >= 11 is 0. The maximum atomic E-state index is 6.24. The molecule has 0 bridgehead atoms. The Morgan fingerprint density at radius 3 is 1.88 bits per heavy atom. The van der Waals surface area contributed by atoms with Crippen LogP contribution in [0.4, 0.5) is 0 Å². The lowest BCUT2D eigenvalue weighted by Crippen LogP contribution is -1.93. The first-order valence-electron chi connectivity index (χ1n) is 14.3. The summed E-state index contributed by atoms with van der Waals surface area (Å²) in [5.41, 5.74) is 9.36. The van der Waals surface area contributed by atoms with E-state index in [0.29, 0.717) is 0 Å². The highest BCUT2D eigenvalue weighted by Crippen LogP contribution is 2.45. The van der Waals surface area contributed by atoms with Crippen molar-refractivity contribution in [3.8, 4) is 22.3 Å². The number of hydrogen-bond donors (Lipinski definition) is 0. The van der Waals surface area contributed by atoms with Gasteiger partial charge < -0.3 is 4.42 Å². The van der Waals surface area contributed by atoms with E-state index in [1.54, 1.807) is 0 Å². The topological polar surface area (TPSA) is 13.1 Å². The van der Waals surface area contributed by atoms with Crippen LogP contribution in [0.25, 0.3) is 82.1 Å². The van der Waals surface area contributed by atoms with Gasteiger partial charge in [-0.1, -0.05) is 109 Å². The van der Waals surface area contributed by atoms with Crippen molar-refractivity contribution in [2.75, 3.05) is 0 Å². The molecule has 1 heterocycles. The Kier molecular flexibility index (Phi) is 5.33. The van der Waals surface area contributed by atoms with Crippen molar-refractivity contribution in [1.29, 1.82) is 0 Å². The third-order valence-corrected chi connectivity index (χ3v) is 8.48. The lowest BCUT2D eigenvalue weighted by Gasteiger charge is -2.18. The first kappa shape index (κ1) is 23.7. The smallest absolute Gasteiger partial charge is 0.136 e. The summed E-state index contributed by atoms with van der Waals surface area (Å²) in [7, 11) is 0. The normalized spacial score (nSPS) is 12.7. The molecule has 1 aromatic heterocycles. The van der Waals surface area contributed by atoms with Gasteiger partial charge in [0.2, 0.25) is 0 Å². The summed E-state index contributed by atoms with van der Waals surface area (Å²) in [5, 5.41) is 9.95. The molecule has 1 nitrogen and oxygen atoms in total. The second kappa shape index (κ2) is 9.21. The molecule has 0 atom stereocenters. The Morgan fingerprint density at radius 2 is 1.17 bits per heavy atom. The average molecular weight is 525 g/mol. The van der Waals surface area contributed by atoms with Crippen LogP contribution in [0.15, 0.2) is 138 Å². The zero-order valence-corrected chi connectivity index (χ0v) is 23.1. The summed E-state index contributed by atoms with van der Waals surface area (Å²) < 4.78 is 6.24. The minimum Gasteiger partial charge on any atom is -0.456 e. The van der Waals surface area contributed by atoms with Gasteiger partial charge in [-0.2, -0.15) is 0 Å². The van der Waals surface area contributed by atoms with Crippen molar-refractivity contribution in [2.45, 2.75) is 13.8 Å². The lowest BCUT2D eigenvalue weighted by molar-refractivity contribution is 0.669. The molecule has 0 unspecified atom stereocenters. The lowest BCUT2D eigenvalue weighted by atomic mass is 9.85. The molecule has 8 aromatic rings. The predicted octanol–water partition coefficient (Wildman–Crippen LogP) is 11.8. The highest BCUT2D eigenvalue weighted by Gasteiger charge is 2.19. The zero-order chi connectivity index (χ0) is 27.5. The molecule has 0 aliphatic rings. The van der Waals surface area contributed by atoms with Crippen molar-refractivity contribution >= 4 is 59.8 Å². The monoisotopic (exact) mass is 524 g/mol. The van der Waals surface area contributed by atoms with Gasteiger partial charge >= 0.3 is 0 Å². The molecule has 0 saturated carbocycles. The van der Waals surface area contributed by atoms with Crippen LogP contribution >= 0.6 is 0 Å². The molecule has 8 rings (SSSR count). The fourth-order valence-corrected chi connectivity index (χ4v) is 6.81. The van der Waals surface area contributed by atoms with E-state index >= 15 is 0 Å². The number of allylic oxidation sites excluding steroid dienone is 4. The van der Waals surface area contributed by atoms with E-state index in [0.717, 1.165) is 11.2 Å². The summed E-state index contributed by atoms with van der Waals surface area (Å²) in [4.78, 5) is 0. The molecule has 0 amide bonds. The molecule has 0 saturated heterocycles. The molecule has 1 heteroatoms. The molecule has 0 spiro atoms. The minimum atomic E-state index is 0.945. The van der Waals surface area contributed by atoms with Gasteiger partial charge in [0.25, 0.3) is 0 Å². The Morgan fingerprint density at radius 1 is 0.561 bits per heavy atom. The van der Waals surface area contributed by atoms with Crippen molar-refractivity contribution in [2.24, 2.45) is 0 Å². The maximum Gasteiger partial charge on any atom is 0.136 e. The second-order valence-corrected chi connectivity index (χ2v) is 10.7. The largest absolute Gasteiger partial charge is 0.456 e. The molecular formula is C40H28O. The SMILES string of the molecule is C/C=C\C(=C/C)c1c2ccccc2c(-c2cccc(-c3cc4cccc5oc6cccc3c6c45)c2)c2ccccc12. The maximum absolute atomic E-state index is 6.24.